The summed E-state index contributed by atoms with van der Waals surface area (Å²) in [7, 11) is -4.29. The molecule has 32 heavy (non-hydrogen) atoms. The Kier molecular flexibility index (Phi) is 7.30. The number of anilines is 1. The van der Waals surface area contributed by atoms with Crippen molar-refractivity contribution < 1.29 is 23.9 Å². The first-order valence-electron chi connectivity index (χ1n) is 12.1. The number of ether oxygens (including phenoxy) is 1. The van der Waals surface area contributed by atoms with E-state index in [1.807, 2.05) is 0 Å². The smallest absolute Gasteiger partial charge is 0.415 e. The number of rotatable bonds is 4. The number of carbonyl (C=O) groups excluding carboxylic acids is 1. The maximum atomic E-state index is 12.6. The average molecular weight is 465 g/mol. The minimum absolute atomic E-state index is 0.0453. The molecule has 2 N–H and O–H groups in total. The van der Waals surface area contributed by atoms with Crippen LogP contribution in [0.1, 0.15) is 64.7 Å². The summed E-state index contributed by atoms with van der Waals surface area (Å²) in [5.74, 6) is 1.59. The number of piperidine rings is 1. The highest BCUT2D eigenvalue weighted by atomic mass is 31.2. The molecule has 178 valence electrons. The summed E-state index contributed by atoms with van der Waals surface area (Å²) in [6.07, 6.45) is 10.8. The van der Waals surface area contributed by atoms with Crippen LogP contribution in [0.15, 0.2) is 24.3 Å². The van der Waals surface area contributed by atoms with Gasteiger partial charge in [-0.25, -0.2) is 4.79 Å². The maximum Gasteiger partial charge on any atom is 0.415 e. The number of benzene rings is 1. The van der Waals surface area contributed by atoms with Crippen molar-refractivity contribution >= 4 is 24.7 Å². The van der Waals surface area contributed by atoms with Gasteiger partial charge in [-0.2, -0.15) is 0 Å². The highest BCUT2D eigenvalue weighted by molar-refractivity contribution is 7.60. The Morgan fingerprint density at radius 3 is 2.38 bits per heavy atom. The van der Waals surface area contributed by atoms with Gasteiger partial charge in [0, 0.05) is 38.2 Å². The lowest BCUT2D eigenvalue weighted by molar-refractivity contribution is -0.00346. The molecule has 2 saturated heterocycles. The van der Waals surface area contributed by atoms with Crippen LogP contribution in [-0.4, -0.2) is 52.6 Å². The number of likely N-dealkylation sites (tertiary alicyclic amines) is 1. The maximum absolute atomic E-state index is 12.6. The Bertz CT molecular complexity index is 831. The van der Waals surface area contributed by atoms with Crippen LogP contribution in [-0.2, 0) is 9.30 Å². The fourth-order valence-electron chi connectivity index (χ4n) is 5.67. The minimum Gasteiger partial charge on any atom is -0.441 e. The molecule has 2 aliphatic heterocycles. The van der Waals surface area contributed by atoms with E-state index in [0.717, 1.165) is 44.3 Å². The standard InChI is InChI=1S/C24H37N2O5P/c1-19-6-4-2-3-5-7-20(16-19)17-25-14-12-24(13-15-25)18-26(23(27)31-24)21-8-10-22(11-9-21)32(28,29)30/h8-11,19-20H,2-7,12-18H2,1H3,(H2,28,29,30). The second kappa shape index (κ2) is 9.84. The van der Waals surface area contributed by atoms with Gasteiger partial charge in [-0.1, -0.05) is 39.0 Å². The molecular weight excluding hydrogens is 427 g/mol. The first-order chi connectivity index (χ1) is 15.2. The molecule has 3 fully saturated rings. The van der Waals surface area contributed by atoms with Crippen molar-refractivity contribution in [2.45, 2.75) is 70.3 Å². The SMILES string of the molecule is CC1CCCCCCC(CN2CCC3(CC2)CN(c2ccc(P(=O)(O)O)cc2)C(=O)O3)C1. The lowest BCUT2D eigenvalue weighted by atomic mass is 9.87. The van der Waals surface area contributed by atoms with Crippen LogP contribution in [0.5, 0.6) is 0 Å². The number of hydrogen-bond donors (Lipinski definition) is 2. The van der Waals surface area contributed by atoms with Crippen molar-refractivity contribution in [3.63, 3.8) is 0 Å². The van der Waals surface area contributed by atoms with E-state index in [4.69, 9.17) is 4.74 Å². The highest BCUT2D eigenvalue weighted by Crippen LogP contribution is 2.38. The Labute approximate surface area is 191 Å². The molecule has 0 aromatic heterocycles. The molecule has 1 aliphatic carbocycles. The van der Waals surface area contributed by atoms with Gasteiger partial charge >= 0.3 is 13.7 Å². The first kappa shape index (κ1) is 23.7. The third kappa shape index (κ3) is 5.74. The number of hydrogen-bond acceptors (Lipinski definition) is 4. The van der Waals surface area contributed by atoms with Crippen LogP contribution in [0.3, 0.4) is 0 Å². The first-order valence-corrected chi connectivity index (χ1v) is 13.7. The zero-order valence-electron chi connectivity index (χ0n) is 19.1. The third-order valence-corrected chi connectivity index (χ3v) is 8.52. The molecule has 1 amide bonds. The van der Waals surface area contributed by atoms with E-state index in [2.05, 4.69) is 11.8 Å². The van der Waals surface area contributed by atoms with Crippen LogP contribution in [0, 0.1) is 11.8 Å². The lowest BCUT2D eigenvalue weighted by Gasteiger charge is -2.39. The Balaban J connectivity index is 1.33. The molecule has 2 atom stereocenters. The van der Waals surface area contributed by atoms with Crippen molar-refractivity contribution in [3.05, 3.63) is 24.3 Å². The summed E-state index contributed by atoms with van der Waals surface area (Å²) in [4.78, 5) is 35.4. The third-order valence-electron chi connectivity index (χ3n) is 7.55. The summed E-state index contributed by atoms with van der Waals surface area (Å²) < 4.78 is 17.3. The van der Waals surface area contributed by atoms with E-state index in [0.29, 0.717) is 12.2 Å². The molecule has 2 unspecified atom stereocenters. The van der Waals surface area contributed by atoms with Gasteiger partial charge in [-0.15, -0.1) is 0 Å². The van der Waals surface area contributed by atoms with Crippen molar-refractivity contribution in [3.8, 4) is 0 Å². The fraction of sp³-hybridized carbons (Fsp3) is 0.708. The van der Waals surface area contributed by atoms with E-state index in [1.165, 1.54) is 57.1 Å². The van der Waals surface area contributed by atoms with Crippen molar-refractivity contribution in [2.75, 3.05) is 31.1 Å². The summed E-state index contributed by atoms with van der Waals surface area (Å²) in [5.41, 5.74) is 0.160. The van der Waals surface area contributed by atoms with Gasteiger partial charge in [0.05, 0.1) is 11.8 Å². The molecule has 1 spiro atoms. The van der Waals surface area contributed by atoms with Crippen LogP contribution in [0.4, 0.5) is 10.5 Å². The Morgan fingerprint density at radius 2 is 1.72 bits per heavy atom. The van der Waals surface area contributed by atoms with Crippen molar-refractivity contribution in [1.29, 1.82) is 0 Å². The van der Waals surface area contributed by atoms with Crippen LogP contribution < -0.4 is 10.2 Å². The van der Waals surface area contributed by atoms with Crippen molar-refractivity contribution in [2.24, 2.45) is 11.8 Å². The number of carbonyl (C=O) groups is 1. The molecule has 0 bridgehead atoms. The summed E-state index contributed by atoms with van der Waals surface area (Å²) >= 11 is 0. The van der Waals surface area contributed by atoms with Crippen LogP contribution >= 0.6 is 7.60 Å². The second-order valence-electron chi connectivity index (χ2n) is 10.2. The largest absolute Gasteiger partial charge is 0.441 e. The summed E-state index contributed by atoms with van der Waals surface area (Å²) in [5, 5.41) is -0.0453. The van der Waals surface area contributed by atoms with Gasteiger partial charge in [0.1, 0.15) is 5.60 Å². The summed E-state index contributed by atoms with van der Waals surface area (Å²) in [6.45, 7) is 5.95. The molecule has 7 nitrogen and oxygen atoms in total. The van der Waals surface area contributed by atoms with E-state index >= 15 is 0 Å². The molecule has 1 aromatic rings. The lowest BCUT2D eigenvalue weighted by Crippen LogP contribution is -2.48. The molecule has 4 rings (SSSR count). The fourth-order valence-corrected chi connectivity index (χ4v) is 6.20. The van der Waals surface area contributed by atoms with E-state index in [9.17, 15) is 19.1 Å². The van der Waals surface area contributed by atoms with E-state index in [-0.39, 0.29) is 11.4 Å². The Hall–Kier alpha value is -1.40. The highest BCUT2D eigenvalue weighted by Gasteiger charge is 2.47. The topological polar surface area (TPSA) is 90.3 Å². The predicted molar refractivity (Wildman–Crippen MR) is 125 cm³/mol. The Morgan fingerprint density at radius 1 is 1.06 bits per heavy atom. The molecule has 8 heteroatoms. The molecule has 1 aromatic carbocycles. The molecular formula is C24H37N2O5P. The number of nitrogens with zero attached hydrogens (tertiary/aromatic N) is 2. The quantitative estimate of drug-likeness (QED) is 0.647. The zero-order chi connectivity index (χ0) is 22.8. The zero-order valence-corrected chi connectivity index (χ0v) is 20.0. The van der Waals surface area contributed by atoms with Crippen LogP contribution in [0.25, 0.3) is 0 Å². The molecule has 2 heterocycles. The van der Waals surface area contributed by atoms with Gasteiger partial charge in [0.25, 0.3) is 0 Å². The second-order valence-corrected chi connectivity index (χ2v) is 11.8. The van der Waals surface area contributed by atoms with Gasteiger partial charge < -0.3 is 19.4 Å². The van der Waals surface area contributed by atoms with Crippen molar-refractivity contribution in [1.82, 2.24) is 4.90 Å². The van der Waals surface area contributed by atoms with Gasteiger partial charge in [0.2, 0.25) is 0 Å². The van der Waals surface area contributed by atoms with Crippen LogP contribution in [0.2, 0.25) is 0 Å². The number of amides is 1. The average Bonchev–Trinajstić information content (AvgIpc) is 3.11. The van der Waals surface area contributed by atoms with Gasteiger partial charge in [-0.3, -0.25) is 9.46 Å². The van der Waals surface area contributed by atoms with E-state index in [1.54, 1.807) is 17.0 Å². The van der Waals surface area contributed by atoms with E-state index < -0.39 is 13.2 Å². The molecule has 1 saturated carbocycles. The monoisotopic (exact) mass is 464 g/mol. The molecule has 0 radical (unpaired) electrons. The predicted octanol–water partition coefficient (Wildman–Crippen LogP) is 4.28. The van der Waals surface area contributed by atoms with Gasteiger partial charge in [0.15, 0.2) is 0 Å². The normalized spacial score (nSPS) is 27.6. The molecule has 3 aliphatic rings. The summed E-state index contributed by atoms with van der Waals surface area (Å²) in [6, 6.07) is 5.94. The minimum atomic E-state index is -4.29. The van der Waals surface area contributed by atoms with Gasteiger partial charge in [-0.05, 0) is 48.9 Å².